The van der Waals surface area contributed by atoms with Gasteiger partial charge in [-0.2, -0.15) is 21.6 Å². The Morgan fingerprint density at radius 3 is 1.52 bits per heavy atom. The Hall–Kier alpha value is -4.39. The lowest BCUT2D eigenvalue weighted by atomic mass is 9.93. The first kappa shape index (κ1) is 27.8. The summed E-state index contributed by atoms with van der Waals surface area (Å²) in [6.07, 6.45) is 0. The molecule has 0 spiro atoms. The number of fused-ring (bicyclic) bond motifs is 2. The molecule has 0 saturated carbocycles. The molecule has 42 heavy (non-hydrogen) atoms. The third-order valence-electron chi connectivity index (χ3n) is 7.11. The van der Waals surface area contributed by atoms with E-state index >= 15 is 4.57 Å². The summed E-state index contributed by atoms with van der Waals surface area (Å²) in [7, 11) is -9.72. The molecule has 0 aliphatic rings. The lowest BCUT2D eigenvalue weighted by Gasteiger charge is -2.25. The molecule has 0 aliphatic heterocycles. The summed E-state index contributed by atoms with van der Waals surface area (Å²) in [5, 5.41) is 3.74. The Balaban J connectivity index is 1.80. The van der Waals surface area contributed by atoms with E-state index in [0.717, 1.165) is 5.39 Å². The SMILES string of the molecule is O=P(c1ccccc1)(c1ccccc1)c1ccc2ccccc2c1-c1c(OS(=O)(=O)C(F)(F)F)ccc2ccccc12. The molecule has 0 heterocycles. The summed E-state index contributed by atoms with van der Waals surface area (Å²) in [6.45, 7) is 0. The summed E-state index contributed by atoms with van der Waals surface area (Å²) in [4.78, 5) is 0. The van der Waals surface area contributed by atoms with Gasteiger partial charge in [-0.05, 0) is 33.7 Å². The molecule has 9 heteroatoms. The van der Waals surface area contributed by atoms with Gasteiger partial charge in [0.1, 0.15) is 0 Å². The van der Waals surface area contributed by atoms with E-state index in [4.69, 9.17) is 4.18 Å². The van der Waals surface area contributed by atoms with Crippen molar-refractivity contribution in [1.29, 1.82) is 0 Å². The molecule has 4 nitrogen and oxygen atoms in total. The second-order valence-corrected chi connectivity index (χ2v) is 13.9. The first-order chi connectivity index (χ1) is 20.1. The molecule has 0 N–H and O–H groups in total. The van der Waals surface area contributed by atoms with Crippen molar-refractivity contribution in [2.75, 3.05) is 0 Å². The van der Waals surface area contributed by atoms with Crippen LogP contribution in [0.2, 0.25) is 0 Å². The van der Waals surface area contributed by atoms with Gasteiger partial charge in [0.05, 0.1) is 0 Å². The van der Waals surface area contributed by atoms with E-state index in [1.807, 2.05) is 18.2 Å². The fourth-order valence-electron chi connectivity index (χ4n) is 5.23. The van der Waals surface area contributed by atoms with Crippen molar-refractivity contribution < 1.29 is 30.3 Å². The Morgan fingerprint density at radius 2 is 1.00 bits per heavy atom. The Labute approximate surface area is 240 Å². The van der Waals surface area contributed by atoms with Crippen LogP contribution in [0.1, 0.15) is 0 Å². The standard InChI is InChI=1S/C33H22F3O4PS/c34-33(35,36)42(38,39)40-29-21-19-23-11-7-9-17-27(23)31(29)32-28-18-10-8-12-24(28)20-22-30(32)41(37,25-13-3-1-4-14-25)26-15-5-2-6-16-26/h1-22H. The highest BCUT2D eigenvalue weighted by atomic mass is 32.2. The zero-order valence-corrected chi connectivity index (χ0v) is 23.5. The van der Waals surface area contributed by atoms with E-state index in [1.54, 1.807) is 103 Å². The predicted molar refractivity (Wildman–Crippen MR) is 162 cm³/mol. The smallest absolute Gasteiger partial charge is 0.375 e. The first-order valence-corrected chi connectivity index (χ1v) is 16.0. The molecule has 0 amide bonds. The largest absolute Gasteiger partial charge is 0.534 e. The van der Waals surface area contributed by atoms with Crippen molar-refractivity contribution >= 4 is 54.7 Å². The average molecular weight is 603 g/mol. The zero-order chi connectivity index (χ0) is 29.5. The molecule has 6 rings (SSSR count). The van der Waals surface area contributed by atoms with E-state index < -0.39 is 28.5 Å². The molecule has 0 fully saturated rings. The minimum Gasteiger partial charge on any atom is -0.375 e. The number of benzene rings is 6. The van der Waals surface area contributed by atoms with E-state index in [1.165, 1.54) is 12.1 Å². The molecule has 0 aromatic heterocycles. The van der Waals surface area contributed by atoms with Crippen LogP contribution in [0.25, 0.3) is 32.7 Å². The van der Waals surface area contributed by atoms with Gasteiger partial charge in [-0.25, -0.2) is 0 Å². The summed E-state index contributed by atoms with van der Waals surface area (Å²) >= 11 is 0. The van der Waals surface area contributed by atoms with Crippen LogP contribution in [0.4, 0.5) is 13.2 Å². The molecule has 0 aliphatic carbocycles. The summed E-state index contributed by atoms with van der Waals surface area (Å²) in [5.41, 5.74) is -5.23. The van der Waals surface area contributed by atoms with Gasteiger partial charge in [0, 0.05) is 27.0 Å². The Kier molecular flexibility index (Phi) is 6.92. The molecule has 0 bridgehead atoms. The van der Waals surface area contributed by atoms with Gasteiger partial charge >= 0.3 is 15.6 Å². The van der Waals surface area contributed by atoms with Crippen LogP contribution in [0.15, 0.2) is 133 Å². The monoisotopic (exact) mass is 602 g/mol. The predicted octanol–water partition coefficient (Wildman–Crippen LogP) is 7.53. The number of hydrogen-bond donors (Lipinski definition) is 0. The molecule has 0 unspecified atom stereocenters. The molecule has 6 aromatic rings. The van der Waals surface area contributed by atoms with Gasteiger partial charge in [0.25, 0.3) is 0 Å². The van der Waals surface area contributed by atoms with Crippen molar-refractivity contribution in [1.82, 2.24) is 0 Å². The molecule has 0 radical (unpaired) electrons. The van der Waals surface area contributed by atoms with Gasteiger partial charge < -0.3 is 8.75 Å². The fraction of sp³-hybridized carbons (Fsp3) is 0.0303. The van der Waals surface area contributed by atoms with Crippen LogP contribution in [-0.4, -0.2) is 13.9 Å². The normalized spacial score (nSPS) is 12.5. The van der Waals surface area contributed by atoms with E-state index in [0.29, 0.717) is 37.6 Å². The van der Waals surface area contributed by atoms with E-state index in [-0.39, 0.29) is 5.56 Å². The van der Waals surface area contributed by atoms with Crippen LogP contribution >= 0.6 is 7.14 Å². The lowest BCUT2D eigenvalue weighted by Crippen LogP contribution is -2.29. The van der Waals surface area contributed by atoms with Crippen molar-refractivity contribution in [2.45, 2.75) is 5.51 Å². The van der Waals surface area contributed by atoms with Crippen LogP contribution < -0.4 is 20.1 Å². The maximum atomic E-state index is 15.6. The highest BCUT2D eigenvalue weighted by molar-refractivity contribution is 7.88. The quantitative estimate of drug-likeness (QED) is 0.112. The Morgan fingerprint density at radius 1 is 0.548 bits per heavy atom. The van der Waals surface area contributed by atoms with Gasteiger partial charge in [0.15, 0.2) is 12.9 Å². The van der Waals surface area contributed by atoms with Crippen molar-refractivity contribution in [3.63, 3.8) is 0 Å². The maximum absolute atomic E-state index is 15.6. The number of hydrogen-bond acceptors (Lipinski definition) is 4. The van der Waals surface area contributed by atoms with Gasteiger partial charge in [-0.3, -0.25) is 0 Å². The van der Waals surface area contributed by atoms with Crippen molar-refractivity contribution in [2.24, 2.45) is 0 Å². The van der Waals surface area contributed by atoms with Crippen molar-refractivity contribution in [3.8, 4) is 16.9 Å². The Bertz CT molecular complexity index is 2050. The highest BCUT2D eigenvalue weighted by Gasteiger charge is 2.49. The first-order valence-electron chi connectivity index (χ1n) is 12.9. The molecular weight excluding hydrogens is 580 g/mol. The average Bonchev–Trinajstić information content (AvgIpc) is 3.00. The number of alkyl halides is 3. The van der Waals surface area contributed by atoms with Crippen LogP contribution in [-0.2, 0) is 14.7 Å². The third kappa shape index (κ3) is 4.67. The third-order valence-corrected chi connectivity index (χ3v) is 11.2. The number of rotatable bonds is 6. The zero-order valence-electron chi connectivity index (χ0n) is 21.8. The molecular formula is C33H22F3O4PS. The van der Waals surface area contributed by atoms with Crippen LogP contribution in [0.3, 0.4) is 0 Å². The van der Waals surface area contributed by atoms with E-state index in [2.05, 4.69) is 0 Å². The van der Waals surface area contributed by atoms with Gasteiger partial charge in [0.2, 0.25) is 0 Å². The minimum atomic E-state index is -6.02. The molecule has 6 aromatic carbocycles. The fourth-order valence-corrected chi connectivity index (χ4v) is 8.57. The van der Waals surface area contributed by atoms with E-state index in [9.17, 15) is 21.6 Å². The van der Waals surface area contributed by atoms with Gasteiger partial charge in [-0.1, -0.05) is 121 Å². The minimum absolute atomic E-state index is 0.0970. The summed E-state index contributed by atoms with van der Waals surface area (Å²) in [5.74, 6) is -0.517. The van der Waals surface area contributed by atoms with Crippen LogP contribution in [0, 0.1) is 0 Å². The van der Waals surface area contributed by atoms with Crippen molar-refractivity contribution in [3.05, 3.63) is 133 Å². The molecule has 210 valence electrons. The lowest BCUT2D eigenvalue weighted by molar-refractivity contribution is -0.0499. The highest BCUT2D eigenvalue weighted by Crippen LogP contribution is 2.50. The van der Waals surface area contributed by atoms with Gasteiger partial charge in [-0.15, -0.1) is 0 Å². The number of halogens is 3. The molecule has 0 atom stereocenters. The second kappa shape index (κ2) is 10.5. The second-order valence-electron chi connectivity index (χ2n) is 9.60. The molecule has 0 saturated heterocycles. The maximum Gasteiger partial charge on any atom is 0.534 e. The van der Waals surface area contributed by atoms with Crippen LogP contribution in [0.5, 0.6) is 5.75 Å². The summed E-state index contributed by atoms with van der Waals surface area (Å²) < 4.78 is 85.8. The topological polar surface area (TPSA) is 60.4 Å². The summed E-state index contributed by atoms with van der Waals surface area (Å²) in [6, 6.07) is 38.0.